The van der Waals surface area contributed by atoms with Gasteiger partial charge in [0.2, 0.25) is 11.2 Å². The summed E-state index contributed by atoms with van der Waals surface area (Å²) < 4.78 is 36.4. The number of nitrogens with one attached hydrogen (secondary N) is 1. The minimum absolute atomic E-state index is 0.244. The van der Waals surface area contributed by atoms with Crippen molar-refractivity contribution < 1.29 is 28.4 Å². The van der Waals surface area contributed by atoms with Gasteiger partial charge in [-0.15, -0.1) is 0 Å². The summed E-state index contributed by atoms with van der Waals surface area (Å²) in [7, 11) is 7.24. The number of ether oxygens (including phenoxy) is 6. The van der Waals surface area contributed by atoms with E-state index in [1.807, 2.05) is 51.0 Å². The number of pyridine rings is 2. The lowest BCUT2D eigenvalue weighted by Crippen LogP contribution is -2.52. The predicted molar refractivity (Wildman–Crippen MR) is 226 cm³/mol. The quantitative estimate of drug-likeness (QED) is 0.206. The predicted octanol–water partition coefficient (Wildman–Crippen LogP) is 4.10. The zero-order chi connectivity index (χ0) is 42.6. The first kappa shape index (κ1) is 41.2. The fraction of sp³-hybridized carbons (Fsp3) is 0.400. The molecule has 3 N–H and O–H groups in total. The number of nitrogen functional groups attached to an aromatic ring is 1. The van der Waals surface area contributed by atoms with Gasteiger partial charge in [-0.1, -0.05) is 0 Å². The number of aryl methyl sites for hydroxylation is 2. The minimum Gasteiger partial charge on any atom is -0.493 e. The van der Waals surface area contributed by atoms with Crippen molar-refractivity contribution in [2.75, 3.05) is 88.8 Å². The number of hydrogen-bond donors (Lipinski definition) is 2. The van der Waals surface area contributed by atoms with Crippen LogP contribution in [-0.4, -0.2) is 129 Å². The Balaban J connectivity index is 0.000000139. The number of halogens is 1. The van der Waals surface area contributed by atoms with Gasteiger partial charge in [-0.25, -0.2) is 29.9 Å². The maximum Gasteiger partial charge on any atom is 0.229 e. The molecule has 2 fully saturated rings. The number of rotatable bonds is 8. The molecule has 0 amide bonds. The summed E-state index contributed by atoms with van der Waals surface area (Å²) in [6.07, 6.45) is 13.8. The minimum atomic E-state index is 0.244. The van der Waals surface area contributed by atoms with Crippen LogP contribution >= 0.6 is 11.6 Å². The van der Waals surface area contributed by atoms with Crippen LogP contribution in [0.4, 0.5) is 29.0 Å². The van der Waals surface area contributed by atoms with E-state index >= 15 is 0 Å². The van der Waals surface area contributed by atoms with Crippen LogP contribution in [0, 0.1) is 25.7 Å². The standard InChI is InChI=1S/C20H23N7O3.C10H12ClN3O2.C10H12N4O/c1-12-7-27(11-23-12)18-16(28-3)4-14(5-21-18)24-20-22-6-17-19(25-20)26(2)15(10-30-17)13-8-29-9-13;1-14-7(6-3-15-4-6)5-16-8-2-12-10(11)13-9(8)14;1-7-5-14(6-13-7)10-9(15-2)3-8(11)4-12-10/h4-7,11,13,15H,8-10H2,1-3H3,(H,22,24,25);2,6-7H,3-5H2,1H3;3-6H,11H2,1-2H3. The highest BCUT2D eigenvalue weighted by atomic mass is 35.5. The summed E-state index contributed by atoms with van der Waals surface area (Å²) in [6, 6.07) is 4.15. The molecule has 10 rings (SSSR count). The third kappa shape index (κ3) is 9.01. The van der Waals surface area contributed by atoms with Crippen molar-refractivity contribution in [2.45, 2.75) is 25.9 Å². The van der Waals surface area contributed by atoms with Crippen LogP contribution in [0.2, 0.25) is 5.28 Å². The van der Waals surface area contributed by atoms with Gasteiger partial charge in [0.05, 0.1) is 100 Å². The van der Waals surface area contributed by atoms with Gasteiger partial charge in [0.15, 0.2) is 46.3 Å². The van der Waals surface area contributed by atoms with Crippen molar-refractivity contribution in [3.05, 3.63) is 78.6 Å². The van der Waals surface area contributed by atoms with Gasteiger partial charge in [0.25, 0.3) is 0 Å². The molecule has 4 aliphatic rings. The van der Waals surface area contributed by atoms with Crippen LogP contribution in [0.15, 0.2) is 62.0 Å². The Kier molecular flexibility index (Phi) is 12.2. The molecule has 10 heterocycles. The number of fused-ring (bicyclic) bond motifs is 2. The maximum atomic E-state index is 5.88. The molecule has 0 saturated carbocycles. The second kappa shape index (κ2) is 18.0. The molecule has 2 saturated heterocycles. The number of hydrogen-bond acceptors (Lipinski definition) is 18. The summed E-state index contributed by atoms with van der Waals surface area (Å²) in [5.41, 5.74) is 8.74. The van der Waals surface area contributed by atoms with E-state index in [9.17, 15) is 0 Å². The lowest BCUT2D eigenvalue weighted by Gasteiger charge is -2.42. The number of likely N-dealkylation sites (N-methyl/N-ethyl adjacent to an activating group) is 2. The number of nitrogens with two attached hydrogens (primary N) is 1. The smallest absolute Gasteiger partial charge is 0.229 e. The molecule has 6 aromatic heterocycles. The van der Waals surface area contributed by atoms with Gasteiger partial charge < -0.3 is 49.3 Å². The van der Waals surface area contributed by atoms with Gasteiger partial charge in [-0.05, 0) is 25.4 Å². The van der Waals surface area contributed by atoms with Crippen LogP contribution < -0.4 is 39.8 Å². The summed E-state index contributed by atoms with van der Waals surface area (Å²) in [6.45, 7) is 8.23. The van der Waals surface area contributed by atoms with Crippen LogP contribution in [0.3, 0.4) is 0 Å². The fourth-order valence-electron chi connectivity index (χ4n) is 7.07. The zero-order valence-electron chi connectivity index (χ0n) is 34.6. The molecule has 0 radical (unpaired) electrons. The second-order valence-electron chi connectivity index (χ2n) is 14.8. The van der Waals surface area contributed by atoms with Crippen LogP contribution in [-0.2, 0) is 9.47 Å². The van der Waals surface area contributed by atoms with Gasteiger partial charge in [-0.3, -0.25) is 9.13 Å². The third-order valence-corrected chi connectivity index (χ3v) is 10.8. The van der Waals surface area contributed by atoms with E-state index in [1.54, 1.807) is 62.3 Å². The van der Waals surface area contributed by atoms with Crippen molar-refractivity contribution >= 4 is 40.6 Å². The molecule has 0 aliphatic carbocycles. The number of methoxy groups -OCH3 is 2. The van der Waals surface area contributed by atoms with E-state index in [-0.39, 0.29) is 11.3 Å². The molecule has 320 valence electrons. The topological polar surface area (TPSA) is 213 Å². The van der Waals surface area contributed by atoms with E-state index in [4.69, 9.17) is 45.8 Å². The normalized spacial score (nSPS) is 18.0. The molecular weight excluding hydrogens is 808 g/mol. The summed E-state index contributed by atoms with van der Waals surface area (Å²) >= 11 is 5.79. The molecule has 2 unspecified atom stereocenters. The van der Waals surface area contributed by atoms with Gasteiger partial charge in [-0.2, -0.15) is 9.97 Å². The fourth-order valence-corrected chi connectivity index (χ4v) is 7.20. The van der Waals surface area contributed by atoms with Gasteiger partial charge >= 0.3 is 0 Å². The zero-order valence-corrected chi connectivity index (χ0v) is 35.4. The molecule has 20 nitrogen and oxygen atoms in total. The molecule has 0 bridgehead atoms. The first-order valence-electron chi connectivity index (χ1n) is 19.5. The number of aromatic nitrogens is 10. The van der Waals surface area contributed by atoms with Crippen molar-refractivity contribution in [3.63, 3.8) is 0 Å². The summed E-state index contributed by atoms with van der Waals surface area (Å²) in [5, 5.41) is 3.46. The van der Waals surface area contributed by atoms with Crippen molar-refractivity contribution in [3.8, 4) is 34.6 Å². The van der Waals surface area contributed by atoms with E-state index < -0.39 is 0 Å². The lowest BCUT2D eigenvalue weighted by atomic mass is 9.96. The largest absolute Gasteiger partial charge is 0.493 e. The first-order chi connectivity index (χ1) is 29.6. The van der Waals surface area contributed by atoms with Gasteiger partial charge in [0.1, 0.15) is 25.9 Å². The molecular formula is C40H47ClN14O6. The molecule has 0 aromatic carbocycles. The molecule has 61 heavy (non-hydrogen) atoms. The van der Waals surface area contributed by atoms with Crippen LogP contribution in [0.25, 0.3) is 11.6 Å². The number of anilines is 5. The Morgan fingerprint density at radius 1 is 0.656 bits per heavy atom. The summed E-state index contributed by atoms with van der Waals surface area (Å²) in [4.78, 5) is 38.5. The van der Waals surface area contributed by atoms with Crippen molar-refractivity contribution in [2.24, 2.45) is 11.8 Å². The average Bonchev–Trinajstić information content (AvgIpc) is 3.87. The molecule has 0 spiro atoms. The summed E-state index contributed by atoms with van der Waals surface area (Å²) in [5.74, 6) is 6.95. The Labute approximate surface area is 357 Å². The number of imidazole rings is 2. The van der Waals surface area contributed by atoms with Crippen molar-refractivity contribution in [1.29, 1.82) is 0 Å². The third-order valence-electron chi connectivity index (χ3n) is 10.6. The SMILES string of the molecule is CN1c2nc(Cl)ncc2OCC1C1COC1.COc1cc(N)cnc1-n1cnc(C)c1.COc1cc(Nc2ncc3c(n2)N(C)C(C2COC2)CO3)cnc1-n1cnc(C)c1. The second-order valence-corrected chi connectivity index (χ2v) is 15.1. The Morgan fingerprint density at radius 3 is 1.69 bits per heavy atom. The molecule has 21 heteroatoms. The molecule has 4 aliphatic heterocycles. The highest BCUT2D eigenvalue weighted by Crippen LogP contribution is 2.36. The monoisotopic (exact) mass is 854 g/mol. The first-order valence-corrected chi connectivity index (χ1v) is 19.8. The Bertz CT molecular complexity index is 2460. The van der Waals surface area contributed by atoms with E-state index in [0.717, 1.165) is 55.1 Å². The molecule has 6 aromatic rings. The van der Waals surface area contributed by atoms with E-state index in [1.165, 1.54) is 0 Å². The van der Waals surface area contributed by atoms with E-state index in [0.29, 0.717) is 77.4 Å². The maximum absolute atomic E-state index is 5.88. The van der Waals surface area contributed by atoms with E-state index in [2.05, 4.69) is 55.0 Å². The average molecular weight is 855 g/mol. The lowest BCUT2D eigenvalue weighted by molar-refractivity contribution is -0.0518. The van der Waals surface area contributed by atoms with Crippen molar-refractivity contribution in [1.82, 2.24) is 49.0 Å². The highest BCUT2D eigenvalue weighted by molar-refractivity contribution is 6.28. The van der Waals surface area contributed by atoms with Gasteiger partial charge in [0, 0.05) is 50.5 Å². The Morgan fingerprint density at radius 2 is 1.18 bits per heavy atom. The molecule has 2 atom stereocenters. The van der Waals surface area contributed by atoms with Crippen LogP contribution in [0.5, 0.6) is 23.0 Å². The number of nitrogens with zero attached hydrogens (tertiary/aromatic N) is 12. The highest BCUT2D eigenvalue weighted by Gasteiger charge is 2.38. The van der Waals surface area contributed by atoms with Crippen LogP contribution in [0.1, 0.15) is 11.4 Å². The Hall–Kier alpha value is -6.51.